The molecule has 0 aliphatic rings. The molecular formula is C20H27NO4. The molecule has 136 valence electrons. The summed E-state index contributed by atoms with van der Waals surface area (Å²) < 4.78 is 5.14. The first-order valence-corrected chi connectivity index (χ1v) is 8.43. The Balaban J connectivity index is 2.48. The zero-order valence-corrected chi connectivity index (χ0v) is 15.2. The number of rotatable bonds is 10. The van der Waals surface area contributed by atoms with Crippen molar-refractivity contribution >= 4 is 17.7 Å². The van der Waals surface area contributed by atoms with Gasteiger partial charge in [0.2, 0.25) is 0 Å². The maximum Gasteiger partial charge on any atom is 0.302 e. The average Bonchev–Trinajstić information content (AvgIpc) is 2.59. The summed E-state index contributed by atoms with van der Waals surface area (Å²) in [7, 11) is 0. The molecule has 0 aliphatic carbocycles. The molecule has 1 amide bonds. The van der Waals surface area contributed by atoms with Gasteiger partial charge in [0.1, 0.15) is 5.78 Å². The minimum Gasteiger partial charge on any atom is -0.465 e. The maximum atomic E-state index is 11.9. The highest BCUT2D eigenvalue weighted by Crippen LogP contribution is 2.29. The van der Waals surface area contributed by atoms with Crippen LogP contribution in [0.2, 0.25) is 0 Å². The first-order valence-electron chi connectivity index (χ1n) is 8.43. The van der Waals surface area contributed by atoms with Gasteiger partial charge in [0.15, 0.2) is 0 Å². The summed E-state index contributed by atoms with van der Waals surface area (Å²) >= 11 is 0. The zero-order valence-electron chi connectivity index (χ0n) is 15.2. The fourth-order valence-electron chi connectivity index (χ4n) is 2.28. The quantitative estimate of drug-likeness (QED) is 0.522. The van der Waals surface area contributed by atoms with Gasteiger partial charge >= 0.3 is 5.97 Å². The van der Waals surface area contributed by atoms with Gasteiger partial charge in [-0.2, -0.15) is 0 Å². The number of carbonyl (C=O) groups excluding carboxylic acids is 3. The van der Waals surface area contributed by atoms with E-state index in [2.05, 4.69) is 5.32 Å². The second-order valence-electron chi connectivity index (χ2n) is 6.54. The third-order valence-electron chi connectivity index (χ3n) is 3.90. The van der Waals surface area contributed by atoms with Gasteiger partial charge < -0.3 is 14.8 Å². The van der Waals surface area contributed by atoms with Gasteiger partial charge in [0.05, 0.1) is 6.61 Å². The summed E-state index contributed by atoms with van der Waals surface area (Å²) in [6.07, 6.45) is 5.59. The van der Waals surface area contributed by atoms with Gasteiger partial charge in [0, 0.05) is 30.9 Å². The first-order chi connectivity index (χ1) is 11.8. The molecule has 1 unspecified atom stereocenters. The van der Waals surface area contributed by atoms with E-state index in [0.717, 1.165) is 0 Å². The molecule has 5 heteroatoms. The molecule has 0 spiro atoms. The van der Waals surface area contributed by atoms with E-state index < -0.39 is 0 Å². The van der Waals surface area contributed by atoms with Gasteiger partial charge in [-0.05, 0) is 31.9 Å². The van der Waals surface area contributed by atoms with Crippen LogP contribution in [0.1, 0.15) is 50.4 Å². The van der Waals surface area contributed by atoms with Crippen molar-refractivity contribution in [1.29, 1.82) is 0 Å². The van der Waals surface area contributed by atoms with Crippen LogP contribution in [-0.2, 0) is 14.3 Å². The highest BCUT2D eigenvalue weighted by Gasteiger charge is 2.25. The molecule has 0 bridgehead atoms. The number of ether oxygens (including phenoxy) is 1. The molecule has 1 aromatic carbocycles. The molecule has 1 aromatic rings. The Morgan fingerprint density at radius 1 is 1.12 bits per heavy atom. The molecule has 25 heavy (non-hydrogen) atoms. The van der Waals surface area contributed by atoms with Gasteiger partial charge in [0.25, 0.3) is 5.91 Å². The summed E-state index contributed by atoms with van der Waals surface area (Å²) in [5.41, 5.74) is 0.328. The molecule has 0 radical (unpaired) electrons. The Morgan fingerprint density at radius 2 is 1.80 bits per heavy atom. The fraction of sp³-hybridized carbons (Fsp3) is 0.450. The third-order valence-corrected chi connectivity index (χ3v) is 3.90. The fourth-order valence-corrected chi connectivity index (χ4v) is 2.28. The van der Waals surface area contributed by atoms with E-state index in [4.69, 9.17) is 4.74 Å². The van der Waals surface area contributed by atoms with Gasteiger partial charge in [-0.15, -0.1) is 0 Å². The summed E-state index contributed by atoms with van der Waals surface area (Å²) in [6.45, 7) is 5.62. The van der Waals surface area contributed by atoms with Crippen LogP contribution in [0.5, 0.6) is 0 Å². The Labute approximate surface area is 149 Å². The summed E-state index contributed by atoms with van der Waals surface area (Å²) in [6, 6.07) is 9.02. The smallest absolute Gasteiger partial charge is 0.302 e. The molecule has 0 heterocycles. The topological polar surface area (TPSA) is 72.5 Å². The average molecular weight is 345 g/mol. The standard InChI is InChI=1S/C20H27NO4/c1-16(22)11-13-20(3,15-25-17(2)23)12-7-8-14-21-19(24)18-9-5-4-6-10-18/h4-10H,11-15H2,1-3H3,(H,21,24)/b8-7-. The lowest BCUT2D eigenvalue weighted by Gasteiger charge is -2.27. The SMILES string of the molecule is CC(=O)CCC(C)(C/C=C\CNC(=O)c1ccccc1)COC(C)=O. The monoisotopic (exact) mass is 345 g/mol. The number of ketones is 1. The van der Waals surface area contributed by atoms with Crippen molar-refractivity contribution in [2.24, 2.45) is 5.41 Å². The van der Waals surface area contributed by atoms with Crippen LogP contribution >= 0.6 is 0 Å². The zero-order chi connectivity index (χ0) is 18.7. The Morgan fingerprint density at radius 3 is 2.40 bits per heavy atom. The summed E-state index contributed by atoms with van der Waals surface area (Å²) in [5.74, 6) is -0.328. The van der Waals surface area contributed by atoms with Gasteiger partial charge in [-0.25, -0.2) is 0 Å². The molecule has 0 saturated heterocycles. The molecule has 5 nitrogen and oxygen atoms in total. The second kappa shape index (κ2) is 10.4. The highest BCUT2D eigenvalue weighted by molar-refractivity contribution is 5.94. The van der Waals surface area contributed by atoms with Crippen LogP contribution in [0.15, 0.2) is 42.5 Å². The van der Waals surface area contributed by atoms with E-state index in [1.165, 1.54) is 6.92 Å². The number of hydrogen-bond acceptors (Lipinski definition) is 4. The number of hydrogen-bond donors (Lipinski definition) is 1. The lowest BCUT2D eigenvalue weighted by Crippen LogP contribution is -2.25. The number of Topliss-reactive ketones (excluding diaryl/α,β-unsaturated/α-hetero) is 1. The second-order valence-corrected chi connectivity index (χ2v) is 6.54. The Bertz CT molecular complexity index is 589. The highest BCUT2D eigenvalue weighted by atomic mass is 16.5. The van der Waals surface area contributed by atoms with Crippen LogP contribution in [0.4, 0.5) is 0 Å². The largest absolute Gasteiger partial charge is 0.465 e. The van der Waals surface area contributed by atoms with Crippen LogP contribution in [0.3, 0.4) is 0 Å². The Kier molecular flexibility index (Phi) is 8.61. The van der Waals surface area contributed by atoms with Crippen molar-refractivity contribution in [3.63, 3.8) is 0 Å². The van der Waals surface area contributed by atoms with Crippen molar-refractivity contribution in [3.05, 3.63) is 48.0 Å². The lowest BCUT2D eigenvalue weighted by atomic mass is 9.82. The number of esters is 1. The van der Waals surface area contributed by atoms with Crippen molar-refractivity contribution in [2.45, 2.75) is 40.0 Å². The minimum absolute atomic E-state index is 0.119. The molecule has 1 N–H and O–H groups in total. The van der Waals surface area contributed by atoms with Crippen molar-refractivity contribution in [3.8, 4) is 0 Å². The van der Waals surface area contributed by atoms with Crippen molar-refractivity contribution in [2.75, 3.05) is 13.2 Å². The van der Waals surface area contributed by atoms with E-state index in [1.807, 2.05) is 37.3 Å². The lowest BCUT2D eigenvalue weighted by molar-refractivity contribution is -0.144. The van der Waals surface area contributed by atoms with E-state index in [9.17, 15) is 14.4 Å². The predicted molar refractivity (Wildman–Crippen MR) is 97.2 cm³/mol. The molecule has 0 fully saturated rings. The molecular weight excluding hydrogens is 318 g/mol. The number of carbonyl (C=O) groups is 3. The Hall–Kier alpha value is -2.43. The van der Waals surface area contributed by atoms with Gasteiger partial charge in [-0.1, -0.05) is 37.3 Å². The molecule has 0 aliphatic heterocycles. The summed E-state index contributed by atoms with van der Waals surface area (Å²) in [5, 5.41) is 2.82. The number of amides is 1. The van der Waals surface area contributed by atoms with Crippen LogP contribution in [-0.4, -0.2) is 30.8 Å². The van der Waals surface area contributed by atoms with E-state index in [-0.39, 0.29) is 29.7 Å². The summed E-state index contributed by atoms with van der Waals surface area (Å²) in [4.78, 5) is 34.2. The normalized spacial score (nSPS) is 13.2. The van der Waals surface area contributed by atoms with Crippen LogP contribution < -0.4 is 5.32 Å². The van der Waals surface area contributed by atoms with Crippen LogP contribution in [0, 0.1) is 5.41 Å². The maximum absolute atomic E-state index is 11.9. The van der Waals surface area contributed by atoms with Gasteiger partial charge in [-0.3, -0.25) is 9.59 Å². The first kappa shape index (κ1) is 20.6. The number of benzene rings is 1. The van der Waals surface area contributed by atoms with Crippen LogP contribution in [0.25, 0.3) is 0 Å². The molecule has 0 saturated carbocycles. The van der Waals surface area contributed by atoms with E-state index in [1.54, 1.807) is 19.1 Å². The van der Waals surface area contributed by atoms with E-state index >= 15 is 0 Å². The van der Waals surface area contributed by atoms with Crippen molar-refractivity contribution in [1.82, 2.24) is 5.32 Å². The number of nitrogens with one attached hydrogen (secondary N) is 1. The minimum atomic E-state index is -0.326. The molecule has 0 aromatic heterocycles. The van der Waals surface area contributed by atoms with Crippen molar-refractivity contribution < 1.29 is 19.1 Å². The van der Waals surface area contributed by atoms with E-state index in [0.29, 0.717) is 31.4 Å². The molecule has 1 atom stereocenters. The predicted octanol–water partition coefficient (Wildman–Crippen LogP) is 3.30. The number of allylic oxidation sites excluding steroid dienone is 1. The molecule has 1 rings (SSSR count). The third kappa shape index (κ3) is 8.84.